The van der Waals surface area contributed by atoms with Crippen molar-refractivity contribution in [3.05, 3.63) is 0 Å². The van der Waals surface area contributed by atoms with E-state index in [0.717, 1.165) is 25.9 Å². The van der Waals surface area contributed by atoms with Gasteiger partial charge in [0.2, 0.25) is 0 Å². The summed E-state index contributed by atoms with van der Waals surface area (Å²) < 4.78 is 5.64. The molecule has 0 aliphatic rings. The highest BCUT2D eigenvalue weighted by Gasteiger charge is 2.04. The summed E-state index contributed by atoms with van der Waals surface area (Å²) in [4.78, 5) is 0. The molecule has 0 amide bonds. The zero-order valence-electron chi connectivity index (χ0n) is 26.8. The van der Waals surface area contributed by atoms with Crippen molar-refractivity contribution in [1.82, 2.24) is 0 Å². The summed E-state index contributed by atoms with van der Waals surface area (Å²) in [6, 6.07) is 0. The molecule has 1 unspecified atom stereocenters. The van der Waals surface area contributed by atoms with Crippen LogP contribution in [0.15, 0.2) is 0 Å². The highest BCUT2D eigenvalue weighted by atomic mass is 16.6. The van der Waals surface area contributed by atoms with Crippen LogP contribution in [0.1, 0.15) is 219 Å². The molecule has 38 heavy (non-hydrogen) atoms. The first kappa shape index (κ1) is 37.9. The van der Waals surface area contributed by atoms with E-state index in [1.54, 1.807) is 0 Å². The van der Waals surface area contributed by atoms with Crippen molar-refractivity contribution in [3.63, 3.8) is 0 Å². The molecule has 1 N–H and O–H groups in total. The summed E-state index contributed by atoms with van der Waals surface area (Å²) in [7, 11) is 0. The minimum atomic E-state index is -0.534. The summed E-state index contributed by atoms with van der Waals surface area (Å²) in [6.45, 7) is 5.32. The summed E-state index contributed by atoms with van der Waals surface area (Å²) in [5, 5.41) is 10.1. The Bertz CT molecular complexity index is 397. The number of aliphatic hydroxyl groups excluding tert-OH is 1. The Morgan fingerprint density at radius 1 is 0.342 bits per heavy atom. The van der Waals surface area contributed by atoms with Crippen molar-refractivity contribution < 1.29 is 9.84 Å². The molecule has 0 fully saturated rings. The standard InChI is InChI=1S/C36H74O2/c1-3-5-7-9-11-13-15-17-19-21-23-25-27-29-31-33-35-38-36(37)34-32-30-28-26-24-22-20-18-16-14-12-10-8-6-4-2/h36-37H,3-35H2,1-2H3. The van der Waals surface area contributed by atoms with E-state index in [-0.39, 0.29) is 0 Å². The molecule has 2 heteroatoms. The van der Waals surface area contributed by atoms with Gasteiger partial charge < -0.3 is 9.84 Å². The lowest BCUT2D eigenvalue weighted by atomic mass is 10.0. The second kappa shape index (κ2) is 34.9. The molecule has 0 heterocycles. The number of unbranched alkanes of at least 4 members (excludes halogenated alkanes) is 29. The zero-order valence-corrected chi connectivity index (χ0v) is 26.8. The first-order chi connectivity index (χ1) is 18.8. The smallest absolute Gasteiger partial charge is 0.154 e. The normalized spacial score (nSPS) is 12.4. The molecule has 0 aliphatic carbocycles. The lowest BCUT2D eigenvalue weighted by Gasteiger charge is -2.12. The Morgan fingerprint density at radius 3 is 0.868 bits per heavy atom. The van der Waals surface area contributed by atoms with Gasteiger partial charge in [-0.25, -0.2) is 0 Å². The molecule has 0 spiro atoms. The van der Waals surface area contributed by atoms with E-state index in [9.17, 15) is 5.11 Å². The maximum absolute atomic E-state index is 10.1. The van der Waals surface area contributed by atoms with E-state index >= 15 is 0 Å². The third-order valence-corrected chi connectivity index (χ3v) is 8.36. The lowest BCUT2D eigenvalue weighted by Crippen LogP contribution is -2.12. The number of rotatable bonds is 34. The van der Waals surface area contributed by atoms with Crippen LogP contribution in [-0.2, 0) is 4.74 Å². The van der Waals surface area contributed by atoms with Gasteiger partial charge in [0, 0.05) is 6.61 Å². The van der Waals surface area contributed by atoms with E-state index in [1.807, 2.05) is 0 Å². The predicted molar refractivity (Wildman–Crippen MR) is 171 cm³/mol. The third kappa shape index (κ3) is 33.9. The van der Waals surface area contributed by atoms with Crippen molar-refractivity contribution >= 4 is 0 Å². The van der Waals surface area contributed by atoms with Crippen LogP contribution >= 0.6 is 0 Å². The second-order valence-electron chi connectivity index (χ2n) is 12.4. The van der Waals surface area contributed by atoms with Crippen LogP contribution in [0.2, 0.25) is 0 Å². The van der Waals surface area contributed by atoms with Gasteiger partial charge in [0.05, 0.1) is 0 Å². The predicted octanol–water partition coefficient (Wildman–Crippen LogP) is 12.8. The highest BCUT2D eigenvalue weighted by Crippen LogP contribution is 2.16. The summed E-state index contributed by atoms with van der Waals surface area (Å²) in [6.07, 6.45) is 43.3. The Kier molecular flexibility index (Phi) is 34.9. The minimum absolute atomic E-state index is 0.534. The summed E-state index contributed by atoms with van der Waals surface area (Å²) in [5.74, 6) is 0. The van der Waals surface area contributed by atoms with E-state index < -0.39 is 6.29 Å². The van der Waals surface area contributed by atoms with Crippen LogP contribution in [-0.4, -0.2) is 18.0 Å². The van der Waals surface area contributed by atoms with Gasteiger partial charge in [-0.1, -0.05) is 200 Å². The van der Waals surface area contributed by atoms with E-state index in [0.29, 0.717) is 0 Å². The largest absolute Gasteiger partial charge is 0.368 e. The van der Waals surface area contributed by atoms with E-state index in [4.69, 9.17) is 4.74 Å². The van der Waals surface area contributed by atoms with Gasteiger partial charge in [0.15, 0.2) is 6.29 Å². The summed E-state index contributed by atoms with van der Waals surface area (Å²) >= 11 is 0. The molecular weight excluding hydrogens is 464 g/mol. The van der Waals surface area contributed by atoms with Crippen molar-refractivity contribution in [1.29, 1.82) is 0 Å². The molecule has 0 aromatic rings. The fraction of sp³-hybridized carbons (Fsp3) is 1.00. The SMILES string of the molecule is CCCCCCCCCCCCCCCCCCOC(O)CCCCCCCCCCCCCCCCC. The molecule has 230 valence electrons. The van der Waals surface area contributed by atoms with E-state index in [1.165, 1.54) is 186 Å². The average Bonchev–Trinajstić information content (AvgIpc) is 2.92. The minimum Gasteiger partial charge on any atom is -0.368 e. The molecule has 0 saturated carbocycles. The Balaban J connectivity index is 3.13. The van der Waals surface area contributed by atoms with Gasteiger partial charge in [0.25, 0.3) is 0 Å². The van der Waals surface area contributed by atoms with Crippen molar-refractivity contribution in [2.24, 2.45) is 0 Å². The fourth-order valence-corrected chi connectivity index (χ4v) is 5.64. The van der Waals surface area contributed by atoms with Crippen LogP contribution in [0, 0.1) is 0 Å². The summed E-state index contributed by atoms with van der Waals surface area (Å²) in [5.41, 5.74) is 0. The quantitative estimate of drug-likeness (QED) is 0.0652. The Morgan fingerprint density at radius 2 is 0.579 bits per heavy atom. The molecule has 0 saturated heterocycles. The lowest BCUT2D eigenvalue weighted by molar-refractivity contribution is -0.105. The van der Waals surface area contributed by atoms with Crippen molar-refractivity contribution in [2.75, 3.05) is 6.61 Å². The van der Waals surface area contributed by atoms with Crippen LogP contribution < -0.4 is 0 Å². The molecule has 0 rings (SSSR count). The van der Waals surface area contributed by atoms with E-state index in [2.05, 4.69) is 13.8 Å². The highest BCUT2D eigenvalue weighted by molar-refractivity contribution is 4.52. The molecular formula is C36H74O2. The number of hydrogen-bond acceptors (Lipinski definition) is 2. The maximum atomic E-state index is 10.1. The monoisotopic (exact) mass is 539 g/mol. The van der Waals surface area contributed by atoms with Crippen LogP contribution in [0.3, 0.4) is 0 Å². The van der Waals surface area contributed by atoms with Gasteiger partial charge in [-0.05, 0) is 19.3 Å². The Hall–Kier alpha value is -0.0800. The Labute approximate surface area is 241 Å². The molecule has 1 atom stereocenters. The molecule has 0 aromatic heterocycles. The maximum Gasteiger partial charge on any atom is 0.154 e. The van der Waals surface area contributed by atoms with Gasteiger partial charge >= 0.3 is 0 Å². The number of aliphatic hydroxyl groups is 1. The molecule has 2 nitrogen and oxygen atoms in total. The average molecular weight is 539 g/mol. The third-order valence-electron chi connectivity index (χ3n) is 8.36. The first-order valence-electron chi connectivity index (χ1n) is 18.1. The molecule has 0 radical (unpaired) electrons. The second-order valence-corrected chi connectivity index (χ2v) is 12.4. The van der Waals surface area contributed by atoms with Gasteiger partial charge in [-0.15, -0.1) is 0 Å². The van der Waals surface area contributed by atoms with Gasteiger partial charge in [0.1, 0.15) is 0 Å². The molecule has 0 aliphatic heterocycles. The zero-order chi connectivity index (χ0) is 27.6. The van der Waals surface area contributed by atoms with Crippen LogP contribution in [0.4, 0.5) is 0 Å². The van der Waals surface area contributed by atoms with Crippen LogP contribution in [0.25, 0.3) is 0 Å². The van der Waals surface area contributed by atoms with Crippen molar-refractivity contribution in [2.45, 2.75) is 226 Å². The topological polar surface area (TPSA) is 29.5 Å². The van der Waals surface area contributed by atoms with Crippen molar-refractivity contribution in [3.8, 4) is 0 Å². The fourth-order valence-electron chi connectivity index (χ4n) is 5.64. The van der Waals surface area contributed by atoms with Crippen LogP contribution in [0.5, 0.6) is 0 Å². The van der Waals surface area contributed by atoms with Gasteiger partial charge in [-0.2, -0.15) is 0 Å². The first-order valence-corrected chi connectivity index (χ1v) is 18.1. The van der Waals surface area contributed by atoms with Gasteiger partial charge in [-0.3, -0.25) is 0 Å². The molecule has 0 aromatic carbocycles. The number of hydrogen-bond donors (Lipinski definition) is 1. The molecule has 0 bridgehead atoms. The number of ether oxygens (including phenoxy) is 1.